The second kappa shape index (κ2) is 5.76. The molecule has 126 valence electrons. The normalized spacial score (nSPS) is 16.8. The summed E-state index contributed by atoms with van der Waals surface area (Å²) >= 11 is 1.24. The van der Waals surface area contributed by atoms with Crippen molar-refractivity contribution in [1.29, 1.82) is 0 Å². The number of thiophene rings is 1. The van der Waals surface area contributed by atoms with E-state index in [1.54, 1.807) is 29.2 Å². The van der Waals surface area contributed by atoms with Crippen LogP contribution in [-0.4, -0.2) is 63.9 Å². The highest BCUT2D eigenvalue weighted by Crippen LogP contribution is 2.25. The van der Waals surface area contributed by atoms with Crippen LogP contribution in [0.2, 0.25) is 0 Å². The SMILES string of the molecule is Cn1nnc2c(N3CCN(S(=O)(=O)c4cccs4)CC3)ncnc21. The number of hydrogen-bond donors (Lipinski definition) is 0. The number of nitrogens with zero attached hydrogens (tertiary/aromatic N) is 7. The number of anilines is 1. The Morgan fingerprint density at radius 1 is 1.17 bits per heavy atom. The molecule has 0 spiro atoms. The van der Waals surface area contributed by atoms with Gasteiger partial charge >= 0.3 is 0 Å². The average Bonchev–Trinajstić information content (AvgIpc) is 3.26. The lowest BCUT2D eigenvalue weighted by Gasteiger charge is -2.34. The number of aryl methyl sites for hydroxylation is 1. The topological polar surface area (TPSA) is 97.1 Å². The van der Waals surface area contributed by atoms with Gasteiger partial charge < -0.3 is 4.90 Å². The van der Waals surface area contributed by atoms with Crippen LogP contribution in [0.15, 0.2) is 28.0 Å². The van der Waals surface area contributed by atoms with Crippen molar-refractivity contribution in [2.45, 2.75) is 4.21 Å². The van der Waals surface area contributed by atoms with Crippen molar-refractivity contribution in [2.24, 2.45) is 7.05 Å². The molecule has 0 amide bonds. The van der Waals surface area contributed by atoms with Gasteiger partial charge in [0.2, 0.25) is 0 Å². The summed E-state index contributed by atoms with van der Waals surface area (Å²) in [5.74, 6) is 0.696. The van der Waals surface area contributed by atoms with E-state index in [1.807, 2.05) is 4.90 Å². The summed E-state index contributed by atoms with van der Waals surface area (Å²) in [6, 6.07) is 3.39. The van der Waals surface area contributed by atoms with E-state index in [2.05, 4.69) is 20.3 Å². The van der Waals surface area contributed by atoms with Gasteiger partial charge in [0.1, 0.15) is 10.5 Å². The molecule has 0 saturated carbocycles. The molecule has 0 aromatic carbocycles. The van der Waals surface area contributed by atoms with Gasteiger partial charge in [0.05, 0.1) is 0 Å². The molecule has 1 saturated heterocycles. The highest BCUT2D eigenvalue weighted by Gasteiger charge is 2.30. The second-order valence-corrected chi connectivity index (χ2v) is 8.52. The van der Waals surface area contributed by atoms with Gasteiger partial charge in [-0.05, 0) is 11.4 Å². The van der Waals surface area contributed by atoms with E-state index in [-0.39, 0.29) is 0 Å². The average molecular weight is 365 g/mol. The summed E-state index contributed by atoms with van der Waals surface area (Å²) in [7, 11) is -1.63. The van der Waals surface area contributed by atoms with Gasteiger partial charge in [-0.1, -0.05) is 11.3 Å². The number of piperazine rings is 1. The summed E-state index contributed by atoms with van der Waals surface area (Å²) in [4.78, 5) is 10.5. The summed E-state index contributed by atoms with van der Waals surface area (Å²) in [5, 5.41) is 9.86. The smallest absolute Gasteiger partial charge is 0.252 e. The number of aromatic nitrogens is 5. The third-order valence-corrected chi connectivity index (χ3v) is 7.27. The predicted octanol–water partition coefficient (Wildman–Crippen LogP) is 0.331. The largest absolute Gasteiger partial charge is 0.352 e. The molecular weight excluding hydrogens is 350 g/mol. The quantitative estimate of drug-likeness (QED) is 0.660. The zero-order valence-corrected chi connectivity index (χ0v) is 14.5. The molecule has 0 bridgehead atoms. The Balaban J connectivity index is 1.56. The highest BCUT2D eigenvalue weighted by atomic mass is 32.2. The van der Waals surface area contributed by atoms with Crippen molar-refractivity contribution in [2.75, 3.05) is 31.1 Å². The van der Waals surface area contributed by atoms with Crippen molar-refractivity contribution < 1.29 is 8.42 Å². The molecule has 1 aliphatic heterocycles. The molecule has 0 unspecified atom stereocenters. The summed E-state index contributed by atoms with van der Waals surface area (Å²) in [5.41, 5.74) is 1.29. The minimum atomic E-state index is -3.40. The molecule has 0 atom stereocenters. The maximum absolute atomic E-state index is 12.6. The first-order chi connectivity index (χ1) is 11.6. The molecule has 24 heavy (non-hydrogen) atoms. The standard InChI is InChI=1S/C13H15N7O2S2/c1-18-12-11(16-17-18)13(15-9-14-12)19-4-6-20(7-5-19)24(21,22)10-3-2-8-23-10/h2-3,8-9H,4-7H2,1H3. The van der Waals surface area contributed by atoms with Crippen molar-refractivity contribution in [3.05, 3.63) is 23.8 Å². The lowest BCUT2D eigenvalue weighted by atomic mass is 10.3. The van der Waals surface area contributed by atoms with E-state index >= 15 is 0 Å². The van der Waals surface area contributed by atoms with Crippen LogP contribution < -0.4 is 4.90 Å². The van der Waals surface area contributed by atoms with Gasteiger partial charge in [-0.3, -0.25) is 0 Å². The minimum Gasteiger partial charge on any atom is -0.352 e. The summed E-state index contributed by atoms with van der Waals surface area (Å²) < 4.78 is 28.6. The second-order valence-electron chi connectivity index (χ2n) is 5.41. The number of fused-ring (bicyclic) bond motifs is 1. The van der Waals surface area contributed by atoms with Crippen LogP contribution in [0, 0.1) is 0 Å². The molecule has 0 aliphatic carbocycles. The van der Waals surface area contributed by atoms with Gasteiger partial charge in [-0.2, -0.15) is 4.31 Å². The Bertz CT molecular complexity index is 960. The molecule has 0 radical (unpaired) electrons. The Labute approximate surface area is 142 Å². The maximum Gasteiger partial charge on any atom is 0.252 e. The Morgan fingerprint density at radius 2 is 1.96 bits per heavy atom. The fraction of sp³-hybridized carbons (Fsp3) is 0.385. The molecule has 1 fully saturated rings. The molecule has 9 nitrogen and oxygen atoms in total. The molecule has 4 rings (SSSR count). The summed E-state index contributed by atoms with van der Waals surface area (Å²) in [6.07, 6.45) is 1.48. The lowest BCUT2D eigenvalue weighted by Crippen LogP contribution is -2.48. The minimum absolute atomic E-state index is 0.384. The van der Waals surface area contributed by atoms with E-state index in [4.69, 9.17) is 0 Å². The third-order valence-electron chi connectivity index (χ3n) is 4.00. The highest BCUT2D eigenvalue weighted by molar-refractivity contribution is 7.91. The van der Waals surface area contributed by atoms with E-state index in [9.17, 15) is 8.42 Å². The van der Waals surface area contributed by atoms with E-state index < -0.39 is 10.0 Å². The molecule has 11 heteroatoms. The molecule has 4 heterocycles. The Hall–Kier alpha value is -2.11. The van der Waals surface area contributed by atoms with Crippen molar-refractivity contribution in [1.82, 2.24) is 29.3 Å². The van der Waals surface area contributed by atoms with Crippen molar-refractivity contribution >= 4 is 38.3 Å². The fourth-order valence-electron chi connectivity index (χ4n) is 2.75. The van der Waals surface area contributed by atoms with Crippen LogP contribution in [-0.2, 0) is 17.1 Å². The number of hydrogen-bond acceptors (Lipinski definition) is 8. The lowest BCUT2D eigenvalue weighted by molar-refractivity contribution is 0.385. The Morgan fingerprint density at radius 3 is 2.67 bits per heavy atom. The van der Waals surface area contributed by atoms with Crippen LogP contribution in [0.4, 0.5) is 5.82 Å². The fourth-order valence-corrected chi connectivity index (χ4v) is 5.32. The monoisotopic (exact) mass is 365 g/mol. The van der Waals surface area contributed by atoms with Gasteiger partial charge in [-0.15, -0.1) is 16.4 Å². The molecule has 3 aromatic heterocycles. The van der Waals surface area contributed by atoms with Crippen LogP contribution in [0.1, 0.15) is 0 Å². The van der Waals surface area contributed by atoms with E-state index in [1.165, 1.54) is 22.0 Å². The van der Waals surface area contributed by atoms with Crippen LogP contribution >= 0.6 is 11.3 Å². The van der Waals surface area contributed by atoms with E-state index in [0.29, 0.717) is 47.4 Å². The van der Waals surface area contributed by atoms with Crippen molar-refractivity contribution in [3.8, 4) is 0 Å². The van der Waals surface area contributed by atoms with Crippen LogP contribution in [0.5, 0.6) is 0 Å². The van der Waals surface area contributed by atoms with Crippen molar-refractivity contribution in [3.63, 3.8) is 0 Å². The van der Waals surface area contributed by atoms with Gasteiger partial charge in [0.25, 0.3) is 10.0 Å². The zero-order chi connectivity index (χ0) is 16.7. The first-order valence-electron chi connectivity index (χ1n) is 7.36. The molecular formula is C13H15N7O2S2. The van der Waals surface area contributed by atoms with Gasteiger partial charge in [0, 0.05) is 33.2 Å². The first kappa shape index (κ1) is 15.4. The summed E-state index contributed by atoms with van der Waals surface area (Å²) in [6.45, 7) is 1.92. The number of sulfonamides is 1. The van der Waals surface area contributed by atoms with Gasteiger partial charge in [0.15, 0.2) is 17.0 Å². The van der Waals surface area contributed by atoms with Gasteiger partial charge in [-0.25, -0.2) is 23.1 Å². The Kier molecular flexibility index (Phi) is 3.70. The zero-order valence-electron chi connectivity index (χ0n) is 12.9. The van der Waals surface area contributed by atoms with Crippen LogP contribution in [0.25, 0.3) is 11.2 Å². The predicted molar refractivity (Wildman–Crippen MR) is 89.4 cm³/mol. The molecule has 0 N–H and O–H groups in total. The first-order valence-corrected chi connectivity index (χ1v) is 9.68. The van der Waals surface area contributed by atoms with Crippen LogP contribution in [0.3, 0.4) is 0 Å². The van der Waals surface area contributed by atoms with E-state index in [0.717, 1.165) is 0 Å². The third kappa shape index (κ3) is 2.44. The number of rotatable bonds is 3. The maximum atomic E-state index is 12.6. The molecule has 1 aliphatic rings. The molecule has 3 aromatic rings.